The predicted molar refractivity (Wildman–Crippen MR) is 446 cm³/mol. The molecule has 0 aliphatic rings. The summed E-state index contributed by atoms with van der Waals surface area (Å²) >= 11 is 0. The highest BCUT2D eigenvalue weighted by molar-refractivity contribution is 7.47. The molecule has 0 amide bonds. The molecule has 108 heavy (non-hydrogen) atoms. The van der Waals surface area contributed by atoms with Gasteiger partial charge in [-0.1, -0.05) is 427 Å². The lowest BCUT2D eigenvalue weighted by atomic mass is 10.0. The lowest BCUT2D eigenvalue weighted by Gasteiger charge is -2.21. The standard InChI is InChI=1S/C89H174O17P2/c1-7-9-11-13-15-17-19-21-22-23-24-25-26-27-32-35-38-42-49-55-61-67-73-88(93)105-84(77-100-87(92)72-66-60-54-48-41-37-34-31-29-28-30-33-36-39-45-51-57-63-69-81(3)4)79-103-107(95,96)101-75-83(90)76-102-108(97,98)104-80-85(78-99-86(91)71-65-59-53-47-40-20-18-16-14-12-10-8-2)106-89(94)74-68-62-56-50-44-43-46-52-58-64-70-82(5)6/h81-85,90H,7-80H2,1-6H3,(H,95,96)(H,97,98)/t83-,84-,85-/m1/s1. The summed E-state index contributed by atoms with van der Waals surface area (Å²) in [4.78, 5) is 73.3. The third-order valence-corrected chi connectivity index (χ3v) is 22.9. The average molecular weight is 1580 g/mol. The molecule has 17 nitrogen and oxygen atoms in total. The van der Waals surface area contributed by atoms with Gasteiger partial charge in [-0.15, -0.1) is 0 Å². The van der Waals surface area contributed by atoms with Crippen molar-refractivity contribution in [1.82, 2.24) is 0 Å². The van der Waals surface area contributed by atoms with Gasteiger partial charge in [-0.2, -0.15) is 0 Å². The van der Waals surface area contributed by atoms with Crippen LogP contribution in [0.25, 0.3) is 0 Å². The predicted octanol–water partition coefficient (Wildman–Crippen LogP) is 27.4. The number of rotatable bonds is 88. The number of aliphatic hydroxyl groups excluding tert-OH is 1. The van der Waals surface area contributed by atoms with Crippen LogP contribution in [0.2, 0.25) is 0 Å². The number of hydrogen-bond acceptors (Lipinski definition) is 15. The largest absolute Gasteiger partial charge is 0.472 e. The summed E-state index contributed by atoms with van der Waals surface area (Å²) in [6.45, 7) is 9.71. The van der Waals surface area contributed by atoms with Gasteiger partial charge in [0.2, 0.25) is 0 Å². The molecule has 0 aliphatic heterocycles. The maximum Gasteiger partial charge on any atom is 0.472 e. The van der Waals surface area contributed by atoms with Crippen LogP contribution in [0.4, 0.5) is 0 Å². The molecule has 5 atom stereocenters. The Morgan fingerprint density at radius 1 is 0.250 bits per heavy atom. The van der Waals surface area contributed by atoms with Gasteiger partial charge in [-0.3, -0.25) is 37.3 Å². The van der Waals surface area contributed by atoms with E-state index in [0.717, 1.165) is 102 Å². The van der Waals surface area contributed by atoms with Crippen molar-refractivity contribution in [3.05, 3.63) is 0 Å². The molecule has 0 radical (unpaired) electrons. The molecule has 0 saturated carbocycles. The number of carbonyl (C=O) groups excluding carboxylic acids is 4. The van der Waals surface area contributed by atoms with Crippen molar-refractivity contribution in [2.24, 2.45) is 11.8 Å². The molecule has 2 unspecified atom stereocenters. The monoisotopic (exact) mass is 1580 g/mol. The van der Waals surface area contributed by atoms with Crippen LogP contribution in [-0.2, 0) is 65.4 Å². The second-order valence-corrected chi connectivity index (χ2v) is 35.8. The molecule has 0 aromatic rings. The first-order valence-corrected chi connectivity index (χ1v) is 49.0. The van der Waals surface area contributed by atoms with Gasteiger partial charge in [0.05, 0.1) is 26.4 Å². The number of phosphoric acid groups is 2. The number of phosphoric ester groups is 2. The molecule has 0 aromatic carbocycles. The average Bonchev–Trinajstić information content (AvgIpc) is 0.900. The highest BCUT2D eigenvalue weighted by atomic mass is 31.2. The minimum absolute atomic E-state index is 0.107. The van der Waals surface area contributed by atoms with E-state index >= 15 is 0 Å². The molecular weight excluding hydrogens is 1400 g/mol. The number of ether oxygens (including phenoxy) is 4. The molecule has 642 valence electrons. The van der Waals surface area contributed by atoms with Gasteiger partial charge in [-0.05, 0) is 37.5 Å². The van der Waals surface area contributed by atoms with Crippen molar-refractivity contribution in [3.63, 3.8) is 0 Å². The van der Waals surface area contributed by atoms with Gasteiger partial charge in [0, 0.05) is 25.7 Å². The van der Waals surface area contributed by atoms with Crippen LogP contribution in [0.15, 0.2) is 0 Å². The van der Waals surface area contributed by atoms with Crippen molar-refractivity contribution in [2.75, 3.05) is 39.6 Å². The van der Waals surface area contributed by atoms with Crippen molar-refractivity contribution in [3.8, 4) is 0 Å². The van der Waals surface area contributed by atoms with Crippen LogP contribution in [-0.4, -0.2) is 96.7 Å². The Hall–Kier alpha value is -1.94. The van der Waals surface area contributed by atoms with Gasteiger partial charge < -0.3 is 33.8 Å². The summed E-state index contributed by atoms with van der Waals surface area (Å²) in [5.41, 5.74) is 0. The first-order valence-electron chi connectivity index (χ1n) is 46.0. The Morgan fingerprint density at radius 2 is 0.426 bits per heavy atom. The first kappa shape index (κ1) is 106. The van der Waals surface area contributed by atoms with E-state index in [-0.39, 0.29) is 25.7 Å². The maximum absolute atomic E-state index is 13.2. The lowest BCUT2D eigenvalue weighted by Crippen LogP contribution is -2.30. The van der Waals surface area contributed by atoms with E-state index in [0.29, 0.717) is 25.7 Å². The van der Waals surface area contributed by atoms with E-state index in [1.54, 1.807) is 0 Å². The summed E-state index contributed by atoms with van der Waals surface area (Å²) in [5.74, 6) is -0.524. The van der Waals surface area contributed by atoms with E-state index in [9.17, 15) is 43.2 Å². The van der Waals surface area contributed by atoms with Crippen LogP contribution in [0.5, 0.6) is 0 Å². The third kappa shape index (κ3) is 82.1. The lowest BCUT2D eigenvalue weighted by molar-refractivity contribution is -0.161. The fourth-order valence-electron chi connectivity index (χ4n) is 14.0. The third-order valence-electron chi connectivity index (χ3n) is 21.0. The molecule has 19 heteroatoms. The number of esters is 4. The maximum atomic E-state index is 13.2. The Kier molecular flexibility index (Phi) is 78.8. The molecule has 0 aromatic heterocycles. The smallest absolute Gasteiger partial charge is 0.462 e. The van der Waals surface area contributed by atoms with Crippen LogP contribution >= 0.6 is 15.6 Å². The molecular formula is C89H174O17P2. The molecule has 0 spiro atoms. The summed E-state index contributed by atoms with van der Waals surface area (Å²) in [7, 11) is -9.93. The number of carbonyl (C=O) groups is 4. The van der Waals surface area contributed by atoms with Gasteiger partial charge in [0.15, 0.2) is 12.2 Å². The summed E-state index contributed by atoms with van der Waals surface area (Å²) in [5, 5.41) is 10.7. The van der Waals surface area contributed by atoms with Gasteiger partial charge in [0.1, 0.15) is 19.3 Å². The van der Waals surface area contributed by atoms with E-state index in [1.807, 2.05) is 0 Å². The molecule has 3 N–H and O–H groups in total. The van der Waals surface area contributed by atoms with Crippen LogP contribution < -0.4 is 0 Å². The SMILES string of the molecule is CCCCCCCCCCCCCCCCCCCCCCCCC(=O)O[C@H](COC(=O)CCCCCCCCCCCCCCCCCCCCC(C)C)COP(=O)(O)OC[C@@H](O)COP(=O)(O)OC[C@@H](COC(=O)CCCCCCCCCCCCCC)OC(=O)CCCCCCCCCCCCC(C)C. The van der Waals surface area contributed by atoms with Gasteiger partial charge in [-0.25, -0.2) is 9.13 Å². The quantitative estimate of drug-likeness (QED) is 0.0222. The summed E-state index contributed by atoms with van der Waals surface area (Å²) in [6.07, 6.45) is 73.7. The van der Waals surface area contributed by atoms with E-state index < -0.39 is 97.5 Å². The Labute approximate surface area is 664 Å². The Bertz CT molecular complexity index is 2060. The highest BCUT2D eigenvalue weighted by Crippen LogP contribution is 2.45. The second-order valence-electron chi connectivity index (χ2n) is 32.9. The second kappa shape index (κ2) is 80.3. The Morgan fingerprint density at radius 3 is 0.630 bits per heavy atom. The minimum Gasteiger partial charge on any atom is -0.462 e. The topological polar surface area (TPSA) is 237 Å². The molecule has 0 fully saturated rings. The fraction of sp³-hybridized carbons (Fsp3) is 0.955. The first-order chi connectivity index (χ1) is 52.4. The normalized spacial score (nSPS) is 13.8. The van der Waals surface area contributed by atoms with Crippen molar-refractivity contribution >= 4 is 39.5 Å². The zero-order valence-corrected chi connectivity index (χ0v) is 73.0. The number of unbranched alkanes of at least 4 members (excludes halogenated alkanes) is 58. The van der Waals surface area contributed by atoms with Crippen LogP contribution in [0, 0.1) is 11.8 Å². The fourth-order valence-corrected chi connectivity index (χ4v) is 15.5. The van der Waals surface area contributed by atoms with E-state index in [2.05, 4.69) is 41.5 Å². The van der Waals surface area contributed by atoms with Crippen molar-refractivity contribution in [2.45, 2.75) is 496 Å². The van der Waals surface area contributed by atoms with Gasteiger partial charge in [0.25, 0.3) is 0 Å². The minimum atomic E-state index is -4.97. The molecule has 0 rings (SSSR count). The van der Waals surface area contributed by atoms with Crippen molar-refractivity contribution in [1.29, 1.82) is 0 Å². The summed E-state index contributed by atoms with van der Waals surface area (Å²) < 4.78 is 69.0. The molecule has 0 aliphatic carbocycles. The number of hydrogen-bond donors (Lipinski definition) is 3. The van der Waals surface area contributed by atoms with E-state index in [4.69, 9.17) is 37.0 Å². The zero-order valence-electron chi connectivity index (χ0n) is 71.2. The van der Waals surface area contributed by atoms with Crippen LogP contribution in [0.1, 0.15) is 478 Å². The summed E-state index contributed by atoms with van der Waals surface area (Å²) in [6, 6.07) is 0. The highest BCUT2D eigenvalue weighted by Gasteiger charge is 2.31. The Balaban J connectivity index is 5.22. The molecule has 0 bridgehead atoms. The number of aliphatic hydroxyl groups is 1. The zero-order chi connectivity index (χ0) is 79.2. The van der Waals surface area contributed by atoms with Crippen LogP contribution in [0.3, 0.4) is 0 Å². The molecule has 0 saturated heterocycles. The van der Waals surface area contributed by atoms with Gasteiger partial charge >= 0.3 is 39.5 Å². The van der Waals surface area contributed by atoms with E-state index in [1.165, 1.54) is 295 Å². The molecule has 0 heterocycles. The van der Waals surface area contributed by atoms with Crippen molar-refractivity contribution < 1.29 is 80.2 Å².